The lowest BCUT2D eigenvalue weighted by Gasteiger charge is -1.83. The zero-order valence-corrected chi connectivity index (χ0v) is 7.77. The minimum Gasteiger partial charge on any atom is -0.281 e. The first-order valence-electron chi connectivity index (χ1n) is 2.96. The highest BCUT2D eigenvalue weighted by Gasteiger charge is 1.76. The van der Waals surface area contributed by atoms with Crippen LogP contribution in [0.1, 0.15) is 13.8 Å². The second kappa shape index (κ2) is 6.57. The smallest absolute Gasteiger partial charge is 0.0940 e. The minimum absolute atomic E-state index is 0.651. The van der Waals surface area contributed by atoms with Crippen molar-refractivity contribution in [1.82, 2.24) is 0 Å². The summed E-state index contributed by atoms with van der Waals surface area (Å²) in [5.74, 6) is 5.61. The van der Waals surface area contributed by atoms with E-state index in [0.717, 1.165) is 5.57 Å². The highest BCUT2D eigenvalue weighted by atomic mass is 79.9. The fourth-order valence-electron chi connectivity index (χ4n) is 0.402. The van der Waals surface area contributed by atoms with E-state index in [1.54, 1.807) is 6.21 Å². The van der Waals surface area contributed by atoms with Crippen molar-refractivity contribution in [3.05, 3.63) is 11.6 Å². The maximum atomic E-state index is 3.98. The van der Waals surface area contributed by atoms with Gasteiger partial charge in [-0.05, 0) is 25.5 Å². The van der Waals surface area contributed by atoms with E-state index in [1.807, 2.05) is 19.9 Å². The Balaban J connectivity index is 3.90. The fourth-order valence-corrected chi connectivity index (χ4v) is 0.547. The van der Waals surface area contributed by atoms with Gasteiger partial charge in [0.2, 0.25) is 0 Å². The van der Waals surface area contributed by atoms with Crippen molar-refractivity contribution in [1.29, 1.82) is 0 Å². The van der Waals surface area contributed by atoms with Gasteiger partial charge in [-0.15, -0.1) is 5.92 Å². The summed E-state index contributed by atoms with van der Waals surface area (Å²) in [6.45, 7) is 3.78. The van der Waals surface area contributed by atoms with Gasteiger partial charge in [0.1, 0.15) is 0 Å². The van der Waals surface area contributed by atoms with Crippen LogP contribution < -0.4 is 0 Å². The number of alkyl halides is 1. The Morgan fingerprint density at radius 2 is 2.40 bits per heavy atom. The van der Waals surface area contributed by atoms with E-state index in [9.17, 15) is 0 Å². The Morgan fingerprint density at radius 3 is 2.90 bits per heavy atom. The van der Waals surface area contributed by atoms with E-state index in [0.29, 0.717) is 5.45 Å². The molecule has 0 saturated carbocycles. The maximum absolute atomic E-state index is 3.98. The number of hydrogen-bond acceptors (Lipinski definition) is 1. The topological polar surface area (TPSA) is 12.4 Å². The largest absolute Gasteiger partial charge is 0.281 e. The average molecular weight is 200 g/mol. The lowest BCUT2D eigenvalue weighted by atomic mass is 10.3. The molecule has 0 aromatic rings. The first-order chi connectivity index (χ1) is 4.81. The van der Waals surface area contributed by atoms with Crippen LogP contribution in [0.2, 0.25) is 0 Å². The standard InChI is InChI=1S/C8H10BrN/c1-3-4-5-8(2)6-10-7-9/h5-6H,7H2,1-2H3/b8-5-,10-6-. The van der Waals surface area contributed by atoms with E-state index in [1.165, 1.54) is 0 Å². The second-order valence-corrected chi connectivity index (χ2v) is 2.22. The third-order valence-corrected chi connectivity index (χ3v) is 1.10. The summed E-state index contributed by atoms with van der Waals surface area (Å²) >= 11 is 3.18. The van der Waals surface area contributed by atoms with Crippen LogP contribution in [0.25, 0.3) is 0 Å². The highest BCUT2D eigenvalue weighted by molar-refractivity contribution is 9.09. The summed E-state index contributed by atoms with van der Waals surface area (Å²) in [7, 11) is 0. The number of nitrogens with zero attached hydrogens (tertiary/aromatic N) is 1. The van der Waals surface area contributed by atoms with Crippen LogP contribution in [-0.2, 0) is 0 Å². The maximum Gasteiger partial charge on any atom is 0.0940 e. The number of rotatable bonds is 2. The van der Waals surface area contributed by atoms with E-state index < -0.39 is 0 Å². The Bertz CT molecular complexity index is 193. The van der Waals surface area contributed by atoms with Crippen LogP contribution in [-0.4, -0.2) is 11.7 Å². The van der Waals surface area contributed by atoms with Crippen LogP contribution in [0.15, 0.2) is 16.6 Å². The van der Waals surface area contributed by atoms with E-state index in [-0.39, 0.29) is 0 Å². The molecule has 0 aliphatic heterocycles. The Morgan fingerprint density at radius 1 is 1.70 bits per heavy atom. The van der Waals surface area contributed by atoms with Crippen molar-refractivity contribution in [2.24, 2.45) is 4.99 Å². The molecular weight excluding hydrogens is 190 g/mol. The second-order valence-electron chi connectivity index (χ2n) is 1.71. The zero-order chi connectivity index (χ0) is 7.82. The van der Waals surface area contributed by atoms with Gasteiger partial charge in [-0.2, -0.15) is 0 Å². The molecule has 10 heavy (non-hydrogen) atoms. The molecule has 0 unspecified atom stereocenters. The summed E-state index contributed by atoms with van der Waals surface area (Å²) in [4.78, 5) is 3.98. The van der Waals surface area contributed by atoms with Crippen molar-refractivity contribution < 1.29 is 0 Å². The lowest BCUT2D eigenvalue weighted by molar-refractivity contribution is 1.40. The summed E-state index contributed by atoms with van der Waals surface area (Å²) in [5, 5.41) is 0. The lowest BCUT2D eigenvalue weighted by Crippen LogP contribution is -1.76. The van der Waals surface area contributed by atoms with Crippen LogP contribution >= 0.6 is 15.9 Å². The Hall–Kier alpha value is -0.550. The van der Waals surface area contributed by atoms with Crippen LogP contribution in [0, 0.1) is 11.8 Å². The normalized spacial score (nSPS) is 11.3. The number of hydrogen-bond donors (Lipinski definition) is 0. The van der Waals surface area contributed by atoms with Gasteiger partial charge in [0.15, 0.2) is 0 Å². The molecule has 0 fully saturated rings. The van der Waals surface area contributed by atoms with Gasteiger partial charge in [0, 0.05) is 6.21 Å². The van der Waals surface area contributed by atoms with Crippen molar-refractivity contribution in [3.63, 3.8) is 0 Å². The molecule has 0 heterocycles. The summed E-state index contributed by atoms with van der Waals surface area (Å²) in [6, 6.07) is 0. The van der Waals surface area contributed by atoms with Gasteiger partial charge < -0.3 is 0 Å². The molecule has 0 aromatic carbocycles. The summed E-state index contributed by atoms with van der Waals surface area (Å²) < 4.78 is 0. The van der Waals surface area contributed by atoms with Gasteiger partial charge >= 0.3 is 0 Å². The first-order valence-corrected chi connectivity index (χ1v) is 4.08. The molecule has 0 aromatic heterocycles. The number of allylic oxidation sites excluding steroid dienone is 2. The van der Waals surface area contributed by atoms with Crippen LogP contribution in [0.5, 0.6) is 0 Å². The first kappa shape index (κ1) is 9.45. The quantitative estimate of drug-likeness (QED) is 0.281. The van der Waals surface area contributed by atoms with E-state index >= 15 is 0 Å². The molecule has 2 heteroatoms. The molecule has 54 valence electrons. The summed E-state index contributed by atoms with van der Waals surface area (Å²) in [5.41, 5.74) is 1.73. The fraction of sp³-hybridized carbons (Fsp3) is 0.375. The third-order valence-electron chi connectivity index (χ3n) is 0.808. The van der Waals surface area contributed by atoms with Gasteiger partial charge in [0.25, 0.3) is 0 Å². The molecule has 0 saturated heterocycles. The Kier molecular flexibility index (Phi) is 6.21. The molecule has 0 spiro atoms. The zero-order valence-electron chi connectivity index (χ0n) is 6.19. The molecule has 0 atom stereocenters. The molecule has 0 aliphatic rings. The molecule has 0 rings (SSSR count). The van der Waals surface area contributed by atoms with Gasteiger partial charge in [-0.1, -0.05) is 21.9 Å². The SMILES string of the molecule is CC#C/C=C(C)\C=N/CBr. The summed E-state index contributed by atoms with van der Waals surface area (Å²) in [6.07, 6.45) is 3.63. The van der Waals surface area contributed by atoms with Gasteiger partial charge in [-0.25, -0.2) is 0 Å². The van der Waals surface area contributed by atoms with E-state index in [4.69, 9.17) is 0 Å². The Labute approximate surface area is 70.4 Å². The minimum atomic E-state index is 0.651. The predicted molar refractivity (Wildman–Crippen MR) is 49.5 cm³/mol. The molecule has 1 nitrogen and oxygen atoms in total. The molecule has 0 amide bonds. The number of halogens is 1. The van der Waals surface area contributed by atoms with Crippen LogP contribution in [0.4, 0.5) is 0 Å². The molecular formula is C8H10BrN. The molecule has 0 aliphatic carbocycles. The molecule has 0 N–H and O–H groups in total. The van der Waals surface area contributed by atoms with Crippen molar-refractivity contribution in [3.8, 4) is 11.8 Å². The monoisotopic (exact) mass is 199 g/mol. The van der Waals surface area contributed by atoms with E-state index in [2.05, 4.69) is 32.8 Å². The van der Waals surface area contributed by atoms with Gasteiger partial charge in [-0.3, -0.25) is 4.99 Å². The third kappa shape index (κ3) is 5.58. The van der Waals surface area contributed by atoms with Crippen molar-refractivity contribution in [2.75, 3.05) is 5.45 Å². The highest BCUT2D eigenvalue weighted by Crippen LogP contribution is 1.87. The van der Waals surface area contributed by atoms with Crippen molar-refractivity contribution in [2.45, 2.75) is 13.8 Å². The van der Waals surface area contributed by atoms with Crippen LogP contribution in [0.3, 0.4) is 0 Å². The molecule has 0 bridgehead atoms. The van der Waals surface area contributed by atoms with Crippen molar-refractivity contribution >= 4 is 22.1 Å². The number of aliphatic imine (C=N–C) groups is 1. The average Bonchev–Trinajstić information content (AvgIpc) is 1.97. The van der Waals surface area contributed by atoms with Gasteiger partial charge in [0.05, 0.1) is 5.45 Å². The predicted octanol–water partition coefficient (Wildman–Crippen LogP) is 2.38. The molecule has 0 radical (unpaired) electrons.